The summed E-state index contributed by atoms with van der Waals surface area (Å²) in [4.78, 5) is 40.4. The van der Waals surface area contributed by atoms with Crippen LogP contribution < -0.4 is 10.6 Å². The van der Waals surface area contributed by atoms with E-state index in [1.807, 2.05) is 13.8 Å². The average molecular weight is 621 g/mol. The molecule has 3 aliphatic rings. The number of carboxylic acid groups (broad SMARTS) is 1. The molecule has 2 unspecified atom stereocenters. The van der Waals surface area contributed by atoms with Gasteiger partial charge in [0.1, 0.15) is 6.10 Å². The molecule has 1 saturated heterocycles. The van der Waals surface area contributed by atoms with Gasteiger partial charge in [0.15, 0.2) is 5.79 Å². The van der Waals surface area contributed by atoms with Crippen molar-refractivity contribution in [3.05, 3.63) is 0 Å². The van der Waals surface area contributed by atoms with Crippen LogP contribution in [0.4, 0.5) is 0 Å². The lowest BCUT2D eigenvalue weighted by molar-refractivity contribution is -0.304. The molecule has 3 N–H and O–H groups in total. The largest absolute Gasteiger partial charge is 0.481 e. The number of hydrogen-bond donors (Lipinski definition) is 3. The Kier molecular flexibility index (Phi) is 14.0. The van der Waals surface area contributed by atoms with Crippen molar-refractivity contribution >= 4 is 17.8 Å². The predicted octanol–water partition coefficient (Wildman–Crippen LogP) is 7.67. The van der Waals surface area contributed by atoms with Gasteiger partial charge < -0.3 is 25.2 Å². The van der Waals surface area contributed by atoms with Crippen LogP contribution in [0.5, 0.6) is 0 Å². The molecule has 2 aliphatic carbocycles. The second kappa shape index (κ2) is 16.8. The fraction of sp³-hybridized carbons (Fsp3) is 0.917. The Balaban J connectivity index is 1.62. The van der Waals surface area contributed by atoms with Gasteiger partial charge in [0.2, 0.25) is 11.8 Å². The van der Waals surface area contributed by atoms with E-state index in [4.69, 9.17) is 9.47 Å². The number of carboxylic acids is 1. The number of carbonyl (C=O) groups is 3. The Hall–Kier alpha value is -1.67. The summed E-state index contributed by atoms with van der Waals surface area (Å²) in [6.45, 7) is 9.97. The molecular weight excluding hydrogens is 556 g/mol. The SMILES string of the molecule is CCCCCCCCCCCCC1(C(=O)NC2(C(CNC(=O)C3OC(C)(C)OCC3(C)C)C(=O)O)CCCCC2)CCCC1. The summed E-state index contributed by atoms with van der Waals surface area (Å²) in [7, 11) is 0. The molecule has 2 amide bonds. The number of rotatable bonds is 18. The fourth-order valence-corrected chi connectivity index (χ4v) is 7.83. The molecule has 254 valence electrons. The highest BCUT2D eigenvalue weighted by Gasteiger charge is 2.50. The van der Waals surface area contributed by atoms with E-state index in [-0.39, 0.29) is 18.4 Å². The van der Waals surface area contributed by atoms with Gasteiger partial charge in [0.25, 0.3) is 0 Å². The van der Waals surface area contributed by atoms with Gasteiger partial charge >= 0.3 is 5.97 Å². The molecule has 0 bridgehead atoms. The van der Waals surface area contributed by atoms with E-state index < -0.39 is 40.1 Å². The minimum Gasteiger partial charge on any atom is -0.481 e. The van der Waals surface area contributed by atoms with Gasteiger partial charge in [-0.2, -0.15) is 0 Å². The van der Waals surface area contributed by atoms with E-state index in [9.17, 15) is 19.5 Å². The van der Waals surface area contributed by atoms with Crippen molar-refractivity contribution < 1.29 is 29.0 Å². The molecule has 2 atom stereocenters. The standard InChI is InChI=1S/C36H64N2O6/c1-6-7-8-9-10-11-12-13-14-16-21-35(22-19-20-23-35)32(42)38-36(24-17-15-18-25-36)28(31(40)41)26-37-30(39)29-33(2,3)27-43-34(4,5)44-29/h28-29H,6-27H2,1-5H3,(H,37,39)(H,38,42)(H,40,41). The Morgan fingerprint density at radius 1 is 0.795 bits per heavy atom. The zero-order valence-electron chi connectivity index (χ0n) is 28.7. The molecule has 0 aromatic carbocycles. The normalized spacial score (nSPS) is 24.3. The van der Waals surface area contributed by atoms with Crippen molar-refractivity contribution in [3.8, 4) is 0 Å². The molecule has 8 heteroatoms. The summed E-state index contributed by atoms with van der Waals surface area (Å²) >= 11 is 0. The lowest BCUT2D eigenvalue weighted by Gasteiger charge is -2.46. The van der Waals surface area contributed by atoms with E-state index in [0.29, 0.717) is 19.4 Å². The third-order valence-corrected chi connectivity index (χ3v) is 10.7. The molecule has 0 aromatic rings. The third kappa shape index (κ3) is 10.2. The minimum absolute atomic E-state index is 0.0426. The second-order valence-electron chi connectivity index (χ2n) is 15.4. The highest BCUT2D eigenvalue weighted by Crippen LogP contribution is 2.45. The maximum atomic E-state index is 14.2. The summed E-state index contributed by atoms with van der Waals surface area (Å²) in [5, 5.41) is 16.8. The van der Waals surface area contributed by atoms with Crippen LogP contribution in [0, 0.1) is 16.7 Å². The summed E-state index contributed by atoms with van der Waals surface area (Å²) in [5.41, 5.74) is -1.83. The lowest BCUT2D eigenvalue weighted by atomic mass is 9.70. The minimum atomic E-state index is -0.977. The highest BCUT2D eigenvalue weighted by atomic mass is 16.7. The quantitative estimate of drug-likeness (QED) is 0.136. The summed E-state index contributed by atoms with van der Waals surface area (Å²) < 4.78 is 11.8. The topological polar surface area (TPSA) is 114 Å². The van der Waals surface area contributed by atoms with E-state index in [2.05, 4.69) is 17.6 Å². The maximum Gasteiger partial charge on any atom is 0.310 e. The Morgan fingerprint density at radius 2 is 1.34 bits per heavy atom. The van der Waals surface area contributed by atoms with Crippen LogP contribution in [0.2, 0.25) is 0 Å². The van der Waals surface area contributed by atoms with Crippen molar-refractivity contribution in [2.24, 2.45) is 16.7 Å². The molecule has 2 saturated carbocycles. The van der Waals surface area contributed by atoms with Gasteiger partial charge in [-0.1, -0.05) is 117 Å². The first-order valence-electron chi connectivity index (χ1n) is 18.0. The van der Waals surface area contributed by atoms with Crippen LogP contribution in [-0.2, 0) is 23.9 Å². The van der Waals surface area contributed by atoms with Crippen molar-refractivity contribution in [3.63, 3.8) is 0 Å². The zero-order chi connectivity index (χ0) is 32.3. The van der Waals surface area contributed by atoms with Crippen LogP contribution in [0.3, 0.4) is 0 Å². The van der Waals surface area contributed by atoms with E-state index in [1.165, 1.54) is 51.4 Å². The van der Waals surface area contributed by atoms with E-state index in [0.717, 1.165) is 64.2 Å². The van der Waals surface area contributed by atoms with Gasteiger partial charge in [0.05, 0.1) is 18.1 Å². The number of carbonyl (C=O) groups excluding carboxylic acids is 2. The third-order valence-electron chi connectivity index (χ3n) is 10.7. The zero-order valence-corrected chi connectivity index (χ0v) is 28.7. The van der Waals surface area contributed by atoms with Gasteiger partial charge in [-0.05, 0) is 46.0 Å². The van der Waals surface area contributed by atoms with Gasteiger partial charge in [-0.15, -0.1) is 0 Å². The highest BCUT2D eigenvalue weighted by molar-refractivity contribution is 5.85. The Bertz CT molecular complexity index is 920. The Labute approximate surface area is 267 Å². The molecule has 1 heterocycles. The van der Waals surface area contributed by atoms with Gasteiger partial charge in [-0.25, -0.2) is 0 Å². The molecule has 8 nitrogen and oxygen atoms in total. The molecule has 44 heavy (non-hydrogen) atoms. The molecule has 1 aliphatic heterocycles. The maximum absolute atomic E-state index is 14.2. The molecular formula is C36H64N2O6. The van der Waals surface area contributed by atoms with Crippen LogP contribution in [0.25, 0.3) is 0 Å². The van der Waals surface area contributed by atoms with Crippen LogP contribution >= 0.6 is 0 Å². The average Bonchev–Trinajstić information content (AvgIpc) is 3.46. The Morgan fingerprint density at radius 3 is 1.91 bits per heavy atom. The lowest BCUT2D eigenvalue weighted by Crippen LogP contribution is -2.63. The molecule has 3 rings (SSSR count). The summed E-state index contributed by atoms with van der Waals surface area (Å²) in [6, 6.07) is 0. The van der Waals surface area contributed by atoms with E-state index >= 15 is 0 Å². The first-order valence-corrected chi connectivity index (χ1v) is 18.0. The van der Waals surface area contributed by atoms with Crippen molar-refractivity contribution in [1.82, 2.24) is 10.6 Å². The van der Waals surface area contributed by atoms with Gasteiger partial charge in [0, 0.05) is 17.4 Å². The van der Waals surface area contributed by atoms with Crippen molar-refractivity contribution in [1.29, 1.82) is 0 Å². The monoisotopic (exact) mass is 620 g/mol. The summed E-state index contributed by atoms with van der Waals surface area (Å²) in [6.07, 6.45) is 20.6. The van der Waals surface area contributed by atoms with Crippen LogP contribution in [-0.4, -0.2) is 53.5 Å². The number of amides is 2. The van der Waals surface area contributed by atoms with Crippen molar-refractivity contribution in [2.45, 2.75) is 180 Å². The molecule has 0 spiro atoms. The van der Waals surface area contributed by atoms with E-state index in [1.54, 1.807) is 13.8 Å². The predicted molar refractivity (Wildman–Crippen MR) is 174 cm³/mol. The van der Waals surface area contributed by atoms with Crippen LogP contribution in [0.15, 0.2) is 0 Å². The fourth-order valence-electron chi connectivity index (χ4n) is 7.83. The first kappa shape index (κ1) is 36.8. The molecule has 0 radical (unpaired) electrons. The van der Waals surface area contributed by atoms with Crippen molar-refractivity contribution in [2.75, 3.05) is 13.2 Å². The number of aliphatic carboxylic acids is 1. The number of hydrogen-bond acceptors (Lipinski definition) is 5. The number of nitrogens with one attached hydrogen (secondary N) is 2. The smallest absolute Gasteiger partial charge is 0.310 e. The molecule has 3 fully saturated rings. The summed E-state index contributed by atoms with van der Waals surface area (Å²) in [5.74, 6) is -3.08. The van der Waals surface area contributed by atoms with Crippen LogP contribution in [0.1, 0.15) is 163 Å². The van der Waals surface area contributed by atoms with Gasteiger partial charge in [-0.3, -0.25) is 14.4 Å². The first-order chi connectivity index (χ1) is 20.9. The number of unbranched alkanes of at least 4 members (excludes halogenated alkanes) is 9. The number of ether oxygens (including phenoxy) is 2. The second-order valence-corrected chi connectivity index (χ2v) is 15.4. The molecule has 0 aromatic heterocycles.